The van der Waals surface area contributed by atoms with Crippen molar-refractivity contribution in [3.63, 3.8) is 0 Å². The van der Waals surface area contributed by atoms with Gasteiger partial charge in [0.2, 0.25) is 0 Å². The van der Waals surface area contributed by atoms with Crippen LogP contribution in [0.5, 0.6) is 0 Å². The van der Waals surface area contributed by atoms with Crippen LogP contribution >= 0.6 is 0 Å². The van der Waals surface area contributed by atoms with E-state index in [1.807, 2.05) is 0 Å². The standard InChI is InChI=1S/C10H17N3O2/c1-2-3-8-12-10(15-13-8)9-7(6-11)4-5-14-9/h7,9H,2-6,11H2,1H3/t7-,9-/m1/s1. The summed E-state index contributed by atoms with van der Waals surface area (Å²) in [6.45, 7) is 3.43. The molecule has 0 radical (unpaired) electrons. The molecule has 15 heavy (non-hydrogen) atoms. The number of hydrogen-bond donors (Lipinski definition) is 1. The average molecular weight is 211 g/mol. The fourth-order valence-electron chi connectivity index (χ4n) is 1.86. The topological polar surface area (TPSA) is 74.2 Å². The van der Waals surface area contributed by atoms with E-state index in [1.54, 1.807) is 0 Å². The first-order chi connectivity index (χ1) is 7.35. The largest absolute Gasteiger partial charge is 0.368 e. The van der Waals surface area contributed by atoms with Crippen LogP contribution in [0.1, 0.15) is 37.6 Å². The third-order valence-electron chi connectivity index (χ3n) is 2.72. The molecule has 2 heterocycles. The Morgan fingerprint density at radius 2 is 2.40 bits per heavy atom. The number of aromatic nitrogens is 2. The second kappa shape index (κ2) is 4.72. The summed E-state index contributed by atoms with van der Waals surface area (Å²) in [5.41, 5.74) is 5.66. The van der Waals surface area contributed by atoms with Crippen molar-refractivity contribution in [2.24, 2.45) is 11.7 Å². The molecule has 0 aliphatic carbocycles. The van der Waals surface area contributed by atoms with Crippen molar-refractivity contribution in [2.75, 3.05) is 13.2 Å². The first-order valence-corrected chi connectivity index (χ1v) is 5.49. The molecule has 1 fully saturated rings. The molecule has 0 saturated carbocycles. The Hall–Kier alpha value is -0.940. The molecule has 0 bridgehead atoms. The van der Waals surface area contributed by atoms with Gasteiger partial charge >= 0.3 is 0 Å². The van der Waals surface area contributed by atoms with Crippen LogP contribution in [0.2, 0.25) is 0 Å². The average Bonchev–Trinajstić information content (AvgIpc) is 2.84. The van der Waals surface area contributed by atoms with E-state index in [0.717, 1.165) is 31.7 Å². The Balaban J connectivity index is 2.07. The van der Waals surface area contributed by atoms with Crippen molar-refractivity contribution in [1.82, 2.24) is 10.1 Å². The number of ether oxygens (including phenoxy) is 1. The minimum Gasteiger partial charge on any atom is -0.368 e. The number of hydrogen-bond acceptors (Lipinski definition) is 5. The minimum atomic E-state index is -0.0897. The maximum absolute atomic E-state index is 5.66. The quantitative estimate of drug-likeness (QED) is 0.806. The molecule has 1 saturated heterocycles. The maximum Gasteiger partial charge on any atom is 0.256 e. The van der Waals surface area contributed by atoms with Gasteiger partial charge in [-0.05, 0) is 19.4 Å². The Kier molecular flexibility index (Phi) is 3.33. The lowest BCUT2D eigenvalue weighted by molar-refractivity contribution is 0.0642. The van der Waals surface area contributed by atoms with Gasteiger partial charge in [-0.1, -0.05) is 12.1 Å². The molecule has 1 aromatic rings. The number of nitrogens with zero attached hydrogens (tertiary/aromatic N) is 2. The molecule has 1 aromatic heterocycles. The maximum atomic E-state index is 5.66. The van der Waals surface area contributed by atoms with E-state index >= 15 is 0 Å². The summed E-state index contributed by atoms with van der Waals surface area (Å²) in [4.78, 5) is 4.32. The summed E-state index contributed by atoms with van der Waals surface area (Å²) < 4.78 is 10.7. The highest BCUT2D eigenvalue weighted by Crippen LogP contribution is 2.32. The molecular formula is C10H17N3O2. The van der Waals surface area contributed by atoms with Gasteiger partial charge in [-0.2, -0.15) is 4.98 Å². The minimum absolute atomic E-state index is 0.0897. The molecule has 2 atom stereocenters. The van der Waals surface area contributed by atoms with Crippen molar-refractivity contribution < 1.29 is 9.26 Å². The van der Waals surface area contributed by atoms with Crippen LogP contribution in [-0.2, 0) is 11.2 Å². The predicted octanol–water partition coefficient (Wildman–Crippen LogP) is 1.06. The molecule has 0 amide bonds. The second-order valence-electron chi connectivity index (χ2n) is 3.87. The van der Waals surface area contributed by atoms with E-state index in [1.165, 1.54) is 0 Å². The molecule has 0 spiro atoms. The SMILES string of the molecule is CCCc1noc([C@@H]2OCC[C@@H]2CN)n1. The van der Waals surface area contributed by atoms with Gasteiger partial charge in [0.15, 0.2) is 5.82 Å². The third-order valence-corrected chi connectivity index (χ3v) is 2.72. The normalized spacial score (nSPS) is 26.0. The van der Waals surface area contributed by atoms with Gasteiger partial charge in [-0.3, -0.25) is 0 Å². The highest BCUT2D eigenvalue weighted by Gasteiger charge is 2.32. The second-order valence-corrected chi connectivity index (χ2v) is 3.87. The highest BCUT2D eigenvalue weighted by molar-refractivity contribution is 4.95. The summed E-state index contributed by atoms with van der Waals surface area (Å²) in [5, 5.41) is 3.91. The van der Waals surface area contributed by atoms with Crippen LogP contribution in [0.25, 0.3) is 0 Å². The van der Waals surface area contributed by atoms with Gasteiger partial charge in [0.1, 0.15) is 6.10 Å². The zero-order chi connectivity index (χ0) is 10.7. The Morgan fingerprint density at radius 1 is 1.53 bits per heavy atom. The van der Waals surface area contributed by atoms with Gasteiger partial charge in [-0.25, -0.2) is 0 Å². The lowest BCUT2D eigenvalue weighted by Gasteiger charge is -2.11. The van der Waals surface area contributed by atoms with Crippen LogP contribution in [0.3, 0.4) is 0 Å². The van der Waals surface area contributed by atoms with Crippen molar-refractivity contribution in [3.8, 4) is 0 Å². The molecule has 2 N–H and O–H groups in total. The zero-order valence-electron chi connectivity index (χ0n) is 8.98. The summed E-state index contributed by atoms with van der Waals surface area (Å²) in [6.07, 6.45) is 2.76. The van der Waals surface area contributed by atoms with Crippen LogP contribution in [0.15, 0.2) is 4.52 Å². The van der Waals surface area contributed by atoms with E-state index < -0.39 is 0 Å². The van der Waals surface area contributed by atoms with Gasteiger partial charge < -0.3 is 15.0 Å². The van der Waals surface area contributed by atoms with Gasteiger partial charge in [0.05, 0.1) is 0 Å². The smallest absolute Gasteiger partial charge is 0.256 e. The lowest BCUT2D eigenvalue weighted by Crippen LogP contribution is -2.18. The molecule has 0 unspecified atom stereocenters. The Labute approximate surface area is 89.0 Å². The monoisotopic (exact) mass is 211 g/mol. The van der Waals surface area contributed by atoms with E-state index in [9.17, 15) is 0 Å². The predicted molar refractivity (Wildman–Crippen MR) is 54.1 cm³/mol. The molecule has 5 heteroatoms. The van der Waals surface area contributed by atoms with Crippen molar-refractivity contribution in [1.29, 1.82) is 0 Å². The van der Waals surface area contributed by atoms with Gasteiger partial charge in [0.25, 0.3) is 5.89 Å². The number of nitrogens with two attached hydrogens (primary N) is 1. The molecule has 1 aliphatic rings. The van der Waals surface area contributed by atoms with Crippen LogP contribution in [-0.4, -0.2) is 23.3 Å². The van der Waals surface area contributed by atoms with Gasteiger partial charge in [0, 0.05) is 18.9 Å². The zero-order valence-corrected chi connectivity index (χ0v) is 8.98. The summed E-state index contributed by atoms with van der Waals surface area (Å²) in [5.74, 6) is 1.67. The molecule has 0 aromatic carbocycles. The van der Waals surface area contributed by atoms with Gasteiger partial charge in [-0.15, -0.1) is 0 Å². The number of rotatable bonds is 4. The van der Waals surface area contributed by atoms with Crippen molar-refractivity contribution in [2.45, 2.75) is 32.3 Å². The van der Waals surface area contributed by atoms with E-state index in [0.29, 0.717) is 18.4 Å². The van der Waals surface area contributed by atoms with Crippen molar-refractivity contribution >= 4 is 0 Å². The van der Waals surface area contributed by atoms with E-state index in [-0.39, 0.29) is 6.10 Å². The summed E-state index contributed by atoms with van der Waals surface area (Å²) in [7, 11) is 0. The highest BCUT2D eigenvalue weighted by atomic mass is 16.5. The number of aryl methyl sites for hydroxylation is 1. The van der Waals surface area contributed by atoms with Crippen LogP contribution in [0.4, 0.5) is 0 Å². The molecular weight excluding hydrogens is 194 g/mol. The fourth-order valence-corrected chi connectivity index (χ4v) is 1.86. The van der Waals surface area contributed by atoms with Crippen molar-refractivity contribution in [3.05, 3.63) is 11.7 Å². The Bertz CT molecular complexity index is 313. The third kappa shape index (κ3) is 2.18. The first-order valence-electron chi connectivity index (χ1n) is 5.49. The molecule has 5 nitrogen and oxygen atoms in total. The summed E-state index contributed by atoms with van der Waals surface area (Å²) >= 11 is 0. The summed E-state index contributed by atoms with van der Waals surface area (Å²) in [6, 6.07) is 0. The Morgan fingerprint density at radius 3 is 3.13 bits per heavy atom. The van der Waals surface area contributed by atoms with Crippen LogP contribution in [0, 0.1) is 5.92 Å². The molecule has 2 rings (SSSR count). The fraction of sp³-hybridized carbons (Fsp3) is 0.800. The molecule has 84 valence electrons. The van der Waals surface area contributed by atoms with Crippen LogP contribution < -0.4 is 5.73 Å². The first kappa shape index (κ1) is 10.6. The van der Waals surface area contributed by atoms with E-state index in [4.69, 9.17) is 15.0 Å². The van der Waals surface area contributed by atoms with E-state index in [2.05, 4.69) is 17.1 Å². The lowest BCUT2D eigenvalue weighted by atomic mass is 10.0. The molecule has 1 aliphatic heterocycles.